The Bertz CT molecular complexity index is 714. The number of aryl methyl sites for hydroxylation is 1. The number of aliphatic hydroxyl groups is 1. The molecule has 128 valence electrons. The highest BCUT2D eigenvalue weighted by molar-refractivity contribution is 5.94. The van der Waals surface area contributed by atoms with Crippen LogP contribution in [0.1, 0.15) is 43.4 Å². The lowest BCUT2D eigenvalue weighted by atomic mass is 10.0. The van der Waals surface area contributed by atoms with E-state index >= 15 is 0 Å². The molecule has 5 heteroatoms. The van der Waals surface area contributed by atoms with E-state index in [-0.39, 0.29) is 12.5 Å². The minimum Gasteiger partial charge on any atom is -0.481 e. The molecule has 0 saturated heterocycles. The van der Waals surface area contributed by atoms with Crippen molar-refractivity contribution >= 4 is 11.6 Å². The van der Waals surface area contributed by atoms with Gasteiger partial charge in [-0.1, -0.05) is 26.0 Å². The van der Waals surface area contributed by atoms with Crippen LogP contribution < -0.4 is 10.1 Å². The van der Waals surface area contributed by atoms with Crippen molar-refractivity contribution in [2.24, 2.45) is 0 Å². The molecule has 0 aliphatic carbocycles. The van der Waals surface area contributed by atoms with E-state index in [4.69, 9.17) is 4.74 Å². The van der Waals surface area contributed by atoms with Gasteiger partial charge in [0.05, 0.1) is 18.5 Å². The van der Waals surface area contributed by atoms with Crippen molar-refractivity contribution in [3.8, 4) is 5.75 Å². The van der Waals surface area contributed by atoms with Crippen LogP contribution in [0.15, 0.2) is 36.7 Å². The summed E-state index contributed by atoms with van der Waals surface area (Å²) in [5.41, 5.74) is 3.26. The van der Waals surface area contributed by atoms with Gasteiger partial charge in [-0.05, 0) is 43.0 Å². The number of pyridine rings is 1. The molecule has 2 aromatic rings. The van der Waals surface area contributed by atoms with E-state index in [1.807, 2.05) is 19.1 Å². The average Bonchev–Trinajstić information content (AvgIpc) is 2.57. The zero-order chi connectivity index (χ0) is 17.7. The van der Waals surface area contributed by atoms with E-state index in [1.165, 1.54) is 6.20 Å². The fourth-order valence-electron chi connectivity index (χ4n) is 2.25. The second-order valence-electron chi connectivity index (χ2n) is 6.12. The molecule has 0 saturated carbocycles. The lowest BCUT2D eigenvalue weighted by Gasteiger charge is -2.18. The molecule has 0 spiro atoms. The number of hydrogen-bond donors (Lipinski definition) is 2. The van der Waals surface area contributed by atoms with Crippen LogP contribution in [-0.4, -0.2) is 22.1 Å². The normalized spacial score (nSPS) is 12.1. The lowest BCUT2D eigenvalue weighted by molar-refractivity contribution is -0.122. The van der Waals surface area contributed by atoms with Gasteiger partial charge in [0.1, 0.15) is 5.75 Å². The third-order valence-corrected chi connectivity index (χ3v) is 3.89. The summed E-state index contributed by atoms with van der Waals surface area (Å²) in [6.45, 7) is 7.72. The second kappa shape index (κ2) is 7.93. The molecule has 5 nitrogen and oxygen atoms in total. The molecule has 0 aliphatic rings. The number of rotatable bonds is 6. The molecular weight excluding hydrogens is 304 g/mol. The maximum Gasteiger partial charge on any atom is 0.265 e. The van der Waals surface area contributed by atoms with E-state index in [9.17, 15) is 9.90 Å². The minimum atomic E-state index is -0.669. The predicted molar refractivity (Wildman–Crippen MR) is 94.1 cm³/mol. The molecule has 1 aromatic heterocycles. The molecule has 24 heavy (non-hydrogen) atoms. The number of anilines is 1. The first kappa shape index (κ1) is 17.9. The first-order chi connectivity index (χ1) is 11.4. The van der Waals surface area contributed by atoms with Crippen LogP contribution in [0, 0.1) is 6.92 Å². The first-order valence-electron chi connectivity index (χ1n) is 8.04. The number of aliphatic hydroxyl groups excluding tert-OH is 1. The van der Waals surface area contributed by atoms with Gasteiger partial charge in [0.25, 0.3) is 5.91 Å². The molecule has 0 bridgehead atoms. The number of nitrogens with zero attached hydrogens (tertiary/aromatic N) is 1. The van der Waals surface area contributed by atoms with Crippen LogP contribution >= 0.6 is 0 Å². The smallest absolute Gasteiger partial charge is 0.265 e. The summed E-state index contributed by atoms with van der Waals surface area (Å²) in [4.78, 5) is 16.3. The molecular formula is C19H24N2O3. The zero-order valence-corrected chi connectivity index (χ0v) is 14.5. The maximum atomic E-state index is 12.4. The summed E-state index contributed by atoms with van der Waals surface area (Å²) < 4.78 is 5.85. The molecule has 2 N–H and O–H groups in total. The molecule has 1 unspecified atom stereocenters. The van der Waals surface area contributed by atoms with Gasteiger partial charge in [0.15, 0.2) is 6.10 Å². The zero-order valence-electron chi connectivity index (χ0n) is 14.5. The van der Waals surface area contributed by atoms with Crippen molar-refractivity contribution in [3.05, 3.63) is 53.3 Å². The van der Waals surface area contributed by atoms with Gasteiger partial charge in [0, 0.05) is 11.8 Å². The van der Waals surface area contributed by atoms with E-state index in [1.54, 1.807) is 19.2 Å². The Morgan fingerprint density at radius 2 is 2.04 bits per heavy atom. The number of nitrogens with one attached hydrogen (secondary N) is 1. The first-order valence-corrected chi connectivity index (χ1v) is 8.04. The number of ether oxygens (including phenoxy) is 1. The van der Waals surface area contributed by atoms with Crippen LogP contribution in [0.4, 0.5) is 5.69 Å². The van der Waals surface area contributed by atoms with Gasteiger partial charge in [-0.15, -0.1) is 0 Å². The van der Waals surface area contributed by atoms with Gasteiger partial charge < -0.3 is 15.2 Å². The summed E-state index contributed by atoms with van der Waals surface area (Å²) in [7, 11) is 0. The minimum absolute atomic E-state index is 0.164. The molecule has 1 heterocycles. The van der Waals surface area contributed by atoms with Crippen molar-refractivity contribution < 1.29 is 14.6 Å². The highest BCUT2D eigenvalue weighted by atomic mass is 16.5. The average molecular weight is 328 g/mol. The van der Waals surface area contributed by atoms with Gasteiger partial charge in [-0.3, -0.25) is 9.78 Å². The Kier molecular flexibility index (Phi) is 5.93. The quantitative estimate of drug-likeness (QED) is 0.852. The third-order valence-electron chi connectivity index (χ3n) is 3.89. The Morgan fingerprint density at radius 1 is 1.29 bits per heavy atom. The van der Waals surface area contributed by atoms with Crippen molar-refractivity contribution in [1.82, 2.24) is 4.98 Å². The summed E-state index contributed by atoms with van der Waals surface area (Å²) in [5, 5.41) is 12.1. The van der Waals surface area contributed by atoms with Gasteiger partial charge >= 0.3 is 0 Å². The fourth-order valence-corrected chi connectivity index (χ4v) is 2.25. The Hall–Kier alpha value is -2.40. The van der Waals surface area contributed by atoms with Crippen LogP contribution in [0.3, 0.4) is 0 Å². The molecule has 0 radical (unpaired) electrons. The molecule has 0 fully saturated rings. The SMILES string of the molecule is Cc1ccc(C(C)C)cc1OC(C)C(=O)Nc1cnccc1CO. The maximum absolute atomic E-state index is 12.4. The fraction of sp³-hybridized carbons (Fsp3) is 0.368. The largest absolute Gasteiger partial charge is 0.481 e. The number of carbonyl (C=O) groups excluding carboxylic acids is 1. The topological polar surface area (TPSA) is 71.5 Å². The van der Waals surface area contributed by atoms with Gasteiger partial charge in [-0.2, -0.15) is 0 Å². The molecule has 1 atom stereocenters. The summed E-state index contributed by atoms with van der Waals surface area (Å²) in [6.07, 6.45) is 2.42. The number of benzene rings is 1. The van der Waals surface area contributed by atoms with Crippen molar-refractivity contribution in [2.75, 3.05) is 5.32 Å². The van der Waals surface area contributed by atoms with E-state index in [0.29, 0.717) is 22.9 Å². The van der Waals surface area contributed by atoms with Crippen LogP contribution in [0.2, 0.25) is 0 Å². The van der Waals surface area contributed by atoms with Crippen LogP contribution in [-0.2, 0) is 11.4 Å². The van der Waals surface area contributed by atoms with Crippen molar-refractivity contribution in [2.45, 2.75) is 46.3 Å². The van der Waals surface area contributed by atoms with Gasteiger partial charge in [0.2, 0.25) is 0 Å². The Labute approximate surface area is 142 Å². The number of aromatic nitrogens is 1. The van der Waals surface area contributed by atoms with Crippen LogP contribution in [0.5, 0.6) is 5.75 Å². The third kappa shape index (κ3) is 4.32. The molecule has 0 aliphatic heterocycles. The monoisotopic (exact) mass is 328 g/mol. The van der Waals surface area contributed by atoms with E-state index in [0.717, 1.165) is 11.1 Å². The van der Waals surface area contributed by atoms with Crippen LogP contribution in [0.25, 0.3) is 0 Å². The number of amides is 1. The molecule has 2 rings (SSSR count). The summed E-state index contributed by atoms with van der Waals surface area (Å²) >= 11 is 0. The molecule has 1 aromatic carbocycles. The highest BCUT2D eigenvalue weighted by Gasteiger charge is 2.17. The Morgan fingerprint density at radius 3 is 2.71 bits per heavy atom. The summed E-state index contributed by atoms with van der Waals surface area (Å²) in [6, 6.07) is 7.71. The van der Waals surface area contributed by atoms with E-state index in [2.05, 4.69) is 30.2 Å². The predicted octanol–water partition coefficient (Wildman–Crippen LogP) is 3.41. The lowest BCUT2D eigenvalue weighted by Crippen LogP contribution is -2.30. The summed E-state index contributed by atoms with van der Waals surface area (Å²) in [5.74, 6) is 0.809. The second-order valence-corrected chi connectivity index (χ2v) is 6.12. The van der Waals surface area contributed by atoms with Crippen molar-refractivity contribution in [3.63, 3.8) is 0 Å². The van der Waals surface area contributed by atoms with Crippen molar-refractivity contribution in [1.29, 1.82) is 0 Å². The van der Waals surface area contributed by atoms with Gasteiger partial charge in [-0.25, -0.2) is 0 Å². The number of carbonyl (C=O) groups is 1. The Balaban J connectivity index is 2.10. The highest BCUT2D eigenvalue weighted by Crippen LogP contribution is 2.25. The van der Waals surface area contributed by atoms with E-state index < -0.39 is 6.10 Å². The number of hydrogen-bond acceptors (Lipinski definition) is 4. The standard InChI is InChI=1S/C19H24N2O3/c1-12(2)15-6-5-13(3)18(9-15)24-14(4)19(23)21-17-10-20-8-7-16(17)11-22/h5-10,12,14,22H,11H2,1-4H3,(H,21,23). The molecule has 1 amide bonds.